The van der Waals surface area contributed by atoms with E-state index in [1.54, 1.807) is 0 Å². The highest BCUT2D eigenvalue weighted by Crippen LogP contribution is 2.17. The lowest BCUT2D eigenvalue weighted by molar-refractivity contribution is 0.599. The minimum absolute atomic E-state index is 0.431. The summed E-state index contributed by atoms with van der Waals surface area (Å²) in [4.78, 5) is 0. The van der Waals surface area contributed by atoms with Crippen molar-refractivity contribution in [1.82, 2.24) is 15.1 Å². The number of hydrogen-bond acceptors (Lipinski definition) is 3. The van der Waals surface area contributed by atoms with Crippen molar-refractivity contribution in [2.45, 2.75) is 32.9 Å². The summed E-state index contributed by atoms with van der Waals surface area (Å²) in [5, 5.41) is 7.68. The van der Waals surface area contributed by atoms with Crippen LogP contribution in [0.25, 0.3) is 0 Å². The molecule has 1 rings (SSSR count). The molecule has 0 aliphatic rings. The van der Waals surface area contributed by atoms with E-state index in [0.29, 0.717) is 6.04 Å². The molecule has 86 valence electrons. The van der Waals surface area contributed by atoms with Gasteiger partial charge in [-0.2, -0.15) is 16.9 Å². The molecule has 4 heteroatoms. The number of nitrogens with zero attached hydrogens (tertiary/aromatic N) is 2. The zero-order valence-corrected chi connectivity index (χ0v) is 10.7. The van der Waals surface area contributed by atoms with Gasteiger partial charge >= 0.3 is 0 Å². The Balaban J connectivity index is 2.57. The van der Waals surface area contributed by atoms with Crippen LogP contribution in [0.4, 0.5) is 0 Å². The van der Waals surface area contributed by atoms with E-state index >= 15 is 0 Å². The molecular weight excluding hydrogens is 206 g/mol. The Morgan fingerprint density at radius 3 is 2.93 bits per heavy atom. The predicted octanol–water partition coefficient (Wildman–Crippen LogP) is 2.31. The number of hydrogen-bond donors (Lipinski definition) is 1. The molecule has 15 heavy (non-hydrogen) atoms. The molecule has 0 fully saturated rings. The number of aromatic nitrogens is 2. The molecule has 0 saturated heterocycles. The highest BCUT2D eigenvalue weighted by molar-refractivity contribution is 7.99. The van der Waals surface area contributed by atoms with Crippen LogP contribution in [-0.2, 0) is 6.54 Å². The van der Waals surface area contributed by atoms with Crippen LogP contribution in [0.3, 0.4) is 0 Å². The van der Waals surface area contributed by atoms with Gasteiger partial charge < -0.3 is 5.32 Å². The molecule has 0 spiro atoms. The van der Waals surface area contributed by atoms with Crippen LogP contribution >= 0.6 is 11.8 Å². The Morgan fingerprint density at radius 1 is 1.53 bits per heavy atom. The smallest absolute Gasteiger partial charge is 0.0537 e. The first kappa shape index (κ1) is 12.6. The van der Waals surface area contributed by atoms with Crippen molar-refractivity contribution in [3.8, 4) is 0 Å². The van der Waals surface area contributed by atoms with E-state index in [0.717, 1.165) is 18.7 Å². The summed E-state index contributed by atoms with van der Waals surface area (Å²) >= 11 is 1.96. The van der Waals surface area contributed by atoms with Gasteiger partial charge in [0.25, 0.3) is 0 Å². The molecule has 0 saturated carbocycles. The lowest BCUT2D eigenvalue weighted by Gasteiger charge is -2.12. The van der Waals surface area contributed by atoms with Crippen molar-refractivity contribution >= 4 is 11.8 Å². The third kappa shape index (κ3) is 3.87. The topological polar surface area (TPSA) is 29.9 Å². The van der Waals surface area contributed by atoms with Crippen molar-refractivity contribution in [3.63, 3.8) is 0 Å². The van der Waals surface area contributed by atoms with Crippen molar-refractivity contribution in [2.24, 2.45) is 0 Å². The average Bonchev–Trinajstić information content (AvgIpc) is 2.68. The van der Waals surface area contributed by atoms with Gasteiger partial charge in [0, 0.05) is 30.1 Å². The maximum atomic E-state index is 4.35. The maximum absolute atomic E-state index is 4.35. The Kier molecular flexibility index (Phi) is 5.79. The van der Waals surface area contributed by atoms with Crippen molar-refractivity contribution < 1.29 is 0 Å². The van der Waals surface area contributed by atoms with Gasteiger partial charge in [-0.25, -0.2) is 0 Å². The van der Waals surface area contributed by atoms with Crippen molar-refractivity contribution in [2.75, 3.05) is 18.6 Å². The molecule has 1 heterocycles. The predicted molar refractivity (Wildman–Crippen MR) is 67.3 cm³/mol. The Labute approximate surface area is 96.6 Å². The van der Waals surface area contributed by atoms with E-state index in [9.17, 15) is 0 Å². The average molecular weight is 227 g/mol. The molecule has 0 aliphatic heterocycles. The lowest BCUT2D eigenvalue weighted by Crippen LogP contribution is -2.18. The van der Waals surface area contributed by atoms with Gasteiger partial charge in [-0.3, -0.25) is 4.68 Å². The Morgan fingerprint density at radius 2 is 2.33 bits per heavy atom. The van der Waals surface area contributed by atoms with E-state index < -0.39 is 0 Å². The summed E-state index contributed by atoms with van der Waals surface area (Å²) in [6, 6.07) is 0.431. The third-order valence-electron chi connectivity index (χ3n) is 2.35. The second-order valence-electron chi connectivity index (χ2n) is 3.54. The first-order valence-corrected chi connectivity index (χ1v) is 6.74. The molecule has 3 nitrogen and oxygen atoms in total. The molecule has 1 unspecified atom stereocenters. The minimum Gasteiger partial charge on any atom is -0.312 e. The molecule has 1 aromatic heterocycles. The van der Waals surface area contributed by atoms with Gasteiger partial charge in [-0.05, 0) is 19.2 Å². The summed E-state index contributed by atoms with van der Waals surface area (Å²) in [6.07, 6.45) is 5.27. The van der Waals surface area contributed by atoms with Crippen LogP contribution in [0.15, 0.2) is 12.4 Å². The van der Waals surface area contributed by atoms with E-state index in [4.69, 9.17) is 0 Å². The van der Waals surface area contributed by atoms with Gasteiger partial charge in [0.1, 0.15) is 0 Å². The normalized spacial score (nSPS) is 13.0. The molecule has 1 aromatic rings. The monoisotopic (exact) mass is 227 g/mol. The van der Waals surface area contributed by atoms with Gasteiger partial charge in [-0.1, -0.05) is 13.8 Å². The van der Waals surface area contributed by atoms with Crippen LogP contribution in [0.5, 0.6) is 0 Å². The summed E-state index contributed by atoms with van der Waals surface area (Å²) in [5.41, 5.74) is 1.30. The Hall–Kier alpha value is -0.480. The fourth-order valence-electron chi connectivity index (χ4n) is 1.49. The van der Waals surface area contributed by atoms with Crippen LogP contribution in [0.2, 0.25) is 0 Å². The number of rotatable bonds is 7. The highest BCUT2D eigenvalue weighted by Gasteiger charge is 2.10. The van der Waals surface area contributed by atoms with Crippen LogP contribution in [0.1, 0.15) is 31.9 Å². The molecule has 1 N–H and O–H groups in total. The van der Waals surface area contributed by atoms with Crippen LogP contribution < -0.4 is 5.32 Å². The SMILES string of the molecule is CCCn1cc(C(CSCC)NC)cn1. The summed E-state index contributed by atoms with van der Waals surface area (Å²) < 4.78 is 2.02. The summed E-state index contributed by atoms with van der Waals surface area (Å²) in [7, 11) is 2.01. The molecule has 1 atom stereocenters. The molecule has 0 aliphatic carbocycles. The summed E-state index contributed by atoms with van der Waals surface area (Å²) in [5.74, 6) is 2.28. The zero-order valence-electron chi connectivity index (χ0n) is 9.86. The number of nitrogens with one attached hydrogen (secondary N) is 1. The van der Waals surface area contributed by atoms with Crippen molar-refractivity contribution in [3.05, 3.63) is 18.0 Å². The van der Waals surface area contributed by atoms with E-state index in [2.05, 4.69) is 30.5 Å². The van der Waals surface area contributed by atoms with Gasteiger partial charge in [0.05, 0.1) is 6.20 Å². The number of thioether (sulfide) groups is 1. The fourth-order valence-corrected chi connectivity index (χ4v) is 2.32. The lowest BCUT2D eigenvalue weighted by atomic mass is 10.2. The highest BCUT2D eigenvalue weighted by atomic mass is 32.2. The van der Waals surface area contributed by atoms with Crippen molar-refractivity contribution in [1.29, 1.82) is 0 Å². The van der Waals surface area contributed by atoms with Crippen LogP contribution in [0, 0.1) is 0 Å². The zero-order chi connectivity index (χ0) is 11.1. The van der Waals surface area contributed by atoms with Gasteiger partial charge in [-0.15, -0.1) is 0 Å². The van der Waals surface area contributed by atoms with E-state index in [1.807, 2.05) is 29.7 Å². The first-order chi connectivity index (χ1) is 7.31. The second-order valence-corrected chi connectivity index (χ2v) is 4.86. The first-order valence-electron chi connectivity index (χ1n) is 5.59. The molecular formula is C11H21N3S. The van der Waals surface area contributed by atoms with E-state index in [1.165, 1.54) is 11.3 Å². The van der Waals surface area contributed by atoms with Gasteiger partial charge in [0.2, 0.25) is 0 Å². The molecule has 0 bridgehead atoms. The summed E-state index contributed by atoms with van der Waals surface area (Å²) in [6.45, 7) is 5.37. The quantitative estimate of drug-likeness (QED) is 0.775. The van der Waals surface area contributed by atoms with E-state index in [-0.39, 0.29) is 0 Å². The van der Waals surface area contributed by atoms with Gasteiger partial charge in [0.15, 0.2) is 0 Å². The number of aryl methyl sites for hydroxylation is 1. The maximum Gasteiger partial charge on any atom is 0.0537 e. The second kappa shape index (κ2) is 6.90. The largest absolute Gasteiger partial charge is 0.312 e. The standard InChI is InChI=1S/C11H21N3S/c1-4-6-14-8-10(7-13-14)11(12-3)9-15-5-2/h7-8,11-12H,4-6,9H2,1-3H3. The Bertz CT molecular complexity index is 273. The molecule has 0 radical (unpaired) electrons. The third-order valence-corrected chi connectivity index (χ3v) is 3.32. The van der Waals surface area contributed by atoms with Crippen LogP contribution in [-0.4, -0.2) is 28.3 Å². The molecule has 0 amide bonds. The minimum atomic E-state index is 0.431. The fraction of sp³-hybridized carbons (Fsp3) is 0.727. The molecule has 0 aromatic carbocycles.